The van der Waals surface area contributed by atoms with E-state index in [2.05, 4.69) is 0 Å². The molecule has 0 rings (SSSR count). The van der Waals surface area contributed by atoms with Gasteiger partial charge in [-0.05, 0) is 12.2 Å². The van der Waals surface area contributed by atoms with Gasteiger partial charge in [0.25, 0.3) is 0 Å². The van der Waals surface area contributed by atoms with Crippen molar-refractivity contribution in [1.29, 1.82) is 0 Å². The Morgan fingerprint density at radius 2 is 0.545 bits per heavy atom. The normalized spacial score (nSPS) is 16.5. The number of hydrogen-bond donors (Lipinski definition) is 0. The van der Waals surface area contributed by atoms with Crippen LogP contribution < -0.4 is 0 Å². The first-order chi connectivity index (χ1) is 9.21. The second-order valence-electron chi connectivity index (χ2n) is 3.72. The summed E-state index contributed by atoms with van der Waals surface area (Å²) >= 11 is 0. The van der Waals surface area contributed by atoms with E-state index in [1.165, 1.54) is 0 Å². The van der Waals surface area contributed by atoms with Crippen molar-refractivity contribution in [2.45, 2.75) is 36.0 Å². The molecule has 0 heterocycles. The van der Waals surface area contributed by atoms with Gasteiger partial charge in [-0.25, -0.2) is 0 Å². The molecular formula is C8H2F14. The highest BCUT2D eigenvalue weighted by Gasteiger charge is 2.74. The van der Waals surface area contributed by atoms with Gasteiger partial charge in [0.05, 0.1) is 0 Å². The molecule has 0 nitrogen and oxygen atoms in total. The average Bonchev–Trinajstić information content (AvgIpc) is 2.23. The monoisotopic (exact) mass is 364 g/mol. The van der Waals surface area contributed by atoms with Crippen molar-refractivity contribution in [3.05, 3.63) is 12.2 Å². The van der Waals surface area contributed by atoms with Crippen LogP contribution in [0.25, 0.3) is 0 Å². The Balaban J connectivity index is 5.69. The van der Waals surface area contributed by atoms with Crippen molar-refractivity contribution >= 4 is 0 Å². The van der Waals surface area contributed by atoms with Crippen molar-refractivity contribution in [2.75, 3.05) is 0 Å². The maximum absolute atomic E-state index is 12.5. The molecule has 0 aromatic heterocycles. The maximum atomic E-state index is 12.5. The van der Waals surface area contributed by atoms with Crippen LogP contribution in [0.15, 0.2) is 12.2 Å². The van der Waals surface area contributed by atoms with Crippen LogP contribution in [-0.2, 0) is 0 Å². The van der Waals surface area contributed by atoms with Crippen molar-refractivity contribution in [3.8, 4) is 0 Å². The summed E-state index contributed by atoms with van der Waals surface area (Å²) in [4.78, 5) is 0. The van der Waals surface area contributed by atoms with Gasteiger partial charge >= 0.3 is 36.0 Å². The Labute approximate surface area is 111 Å². The molecule has 0 aromatic rings. The quantitative estimate of drug-likeness (QED) is 0.475. The summed E-state index contributed by atoms with van der Waals surface area (Å²) < 4.78 is 168. The fraction of sp³-hybridized carbons (Fsp3) is 0.750. The molecule has 14 heteroatoms. The van der Waals surface area contributed by atoms with Gasteiger partial charge in [0.1, 0.15) is 0 Å². The Morgan fingerprint density at radius 1 is 0.364 bits per heavy atom. The van der Waals surface area contributed by atoms with Crippen molar-refractivity contribution in [3.63, 3.8) is 0 Å². The lowest BCUT2D eigenvalue weighted by Gasteiger charge is -2.28. The van der Waals surface area contributed by atoms with Crippen LogP contribution in [0.1, 0.15) is 0 Å². The summed E-state index contributed by atoms with van der Waals surface area (Å²) in [7, 11) is 0. The van der Waals surface area contributed by atoms with E-state index in [0.717, 1.165) is 0 Å². The van der Waals surface area contributed by atoms with Gasteiger partial charge in [-0.2, -0.15) is 61.5 Å². The summed E-state index contributed by atoms with van der Waals surface area (Å²) in [6.07, 6.45) is -18.0. The zero-order valence-electron chi connectivity index (χ0n) is 9.45. The van der Waals surface area contributed by atoms with Crippen LogP contribution in [-0.4, -0.2) is 36.0 Å². The molecule has 0 unspecified atom stereocenters. The minimum absolute atomic E-state index is 2.06. The van der Waals surface area contributed by atoms with Gasteiger partial charge in [0, 0.05) is 0 Å². The first-order valence-corrected chi connectivity index (χ1v) is 4.56. The van der Waals surface area contributed by atoms with E-state index in [1.54, 1.807) is 0 Å². The lowest BCUT2D eigenvalue weighted by Crippen LogP contribution is -2.53. The highest BCUT2D eigenvalue weighted by molar-refractivity contribution is 5.13. The molecule has 0 aliphatic carbocycles. The Bertz CT molecular complexity index is 381. The molecule has 0 radical (unpaired) electrons. The Morgan fingerprint density at radius 3 is 0.682 bits per heavy atom. The molecule has 0 aromatic carbocycles. The highest BCUT2D eigenvalue weighted by atomic mass is 19.4. The summed E-state index contributed by atoms with van der Waals surface area (Å²) in [5.41, 5.74) is 0. The molecule has 132 valence electrons. The summed E-state index contributed by atoms with van der Waals surface area (Å²) in [6.45, 7) is 0. The predicted molar refractivity (Wildman–Crippen MR) is 41.0 cm³/mol. The van der Waals surface area contributed by atoms with E-state index >= 15 is 0 Å². The standard InChI is InChI=1S/C8H2F14/c9-3(10,5(13,14)7(17,18)19)1-2-4(11,12)6(15,16)8(20,21)22/h1-2H/b2-1+. The summed E-state index contributed by atoms with van der Waals surface area (Å²) in [5, 5.41) is 0. The predicted octanol–water partition coefficient (Wildman–Crippen LogP) is 5.21. The fourth-order valence-electron chi connectivity index (χ4n) is 0.797. The average molecular weight is 364 g/mol. The third-order valence-corrected chi connectivity index (χ3v) is 2.05. The molecule has 0 spiro atoms. The third kappa shape index (κ3) is 3.39. The second kappa shape index (κ2) is 5.15. The molecule has 0 aliphatic rings. The Kier molecular flexibility index (Phi) is 4.86. The minimum atomic E-state index is -6.97. The van der Waals surface area contributed by atoms with E-state index in [1.807, 2.05) is 0 Å². The van der Waals surface area contributed by atoms with E-state index in [-0.39, 0.29) is 0 Å². The zero-order valence-corrected chi connectivity index (χ0v) is 9.45. The molecule has 0 fully saturated rings. The van der Waals surface area contributed by atoms with Crippen LogP contribution in [0, 0.1) is 0 Å². The minimum Gasteiger partial charge on any atom is -0.195 e. The number of hydrogen-bond acceptors (Lipinski definition) is 0. The number of alkyl halides is 14. The van der Waals surface area contributed by atoms with E-state index in [9.17, 15) is 61.5 Å². The highest BCUT2D eigenvalue weighted by Crippen LogP contribution is 2.50. The molecule has 0 bridgehead atoms. The largest absolute Gasteiger partial charge is 0.460 e. The number of halogens is 14. The van der Waals surface area contributed by atoms with Gasteiger partial charge < -0.3 is 0 Å². The van der Waals surface area contributed by atoms with Crippen molar-refractivity contribution in [2.24, 2.45) is 0 Å². The van der Waals surface area contributed by atoms with Crippen LogP contribution >= 0.6 is 0 Å². The van der Waals surface area contributed by atoms with E-state index in [0.29, 0.717) is 0 Å². The SMILES string of the molecule is FC(F)(F)C(F)(F)C(F)(F)/C=C/C(F)(F)C(F)(F)C(F)(F)F. The van der Waals surface area contributed by atoms with E-state index < -0.39 is 48.2 Å². The maximum Gasteiger partial charge on any atom is 0.460 e. The lowest BCUT2D eigenvalue weighted by molar-refractivity contribution is -0.346. The van der Waals surface area contributed by atoms with Crippen LogP contribution in [0.3, 0.4) is 0 Å². The van der Waals surface area contributed by atoms with Crippen LogP contribution in [0.2, 0.25) is 0 Å². The van der Waals surface area contributed by atoms with Gasteiger partial charge in [0.15, 0.2) is 0 Å². The molecular weight excluding hydrogens is 362 g/mol. The van der Waals surface area contributed by atoms with Crippen LogP contribution in [0.4, 0.5) is 61.5 Å². The van der Waals surface area contributed by atoms with Crippen molar-refractivity contribution < 1.29 is 61.5 Å². The molecule has 0 saturated carbocycles. The second-order valence-corrected chi connectivity index (χ2v) is 3.72. The zero-order chi connectivity index (χ0) is 18.4. The summed E-state index contributed by atoms with van der Waals surface area (Å²) in [6, 6.07) is 0. The summed E-state index contributed by atoms with van der Waals surface area (Å²) in [5.74, 6) is -26.9. The van der Waals surface area contributed by atoms with Gasteiger partial charge in [0.2, 0.25) is 0 Å². The topological polar surface area (TPSA) is 0 Å². The van der Waals surface area contributed by atoms with Gasteiger partial charge in [-0.15, -0.1) is 0 Å². The van der Waals surface area contributed by atoms with Gasteiger partial charge in [-0.3, -0.25) is 0 Å². The Hall–Kier alpha value is -1.24. The molecule has 0 atom stereocenters. The third-order valence-electron chi connectivity index (χ3n) is 2.05. The molecule has 0 amide bonds. The smallest absolute Gasteiger partial charge is 0.195 e. The first-order valence-electron chi connectivity index (χ1n) is 4.56. The molecule has 0 N–H and O–H groups in total. The number of allylic oxidation sites excluding steroid dienone is 2. The fourth-order valence-corrected chi connectivity index (χ4v) is 0.797. The first kappa shape index (κ1) is 20.8. The van der Waals surface area contributed by atoms with Crippen molar-refractivity contribution in [1.82, 2.24) is 0 Å². The van der Waals surface area contributed by atoms with Gasteiger partial charge in [-0.1, -0.05) is 0 Å². The lowest BCUT2D eigenvalue weighted by atomic mass is 10.1. The molecule has 0 aliphatic heterocycles. The number of rotatable bonds is 4. The van der Waals surface area contributed by atoms with E-state index in [4.69, 9.17) is 0 Å². The molecule has 0 saturated heterocycles. The molecule has 22 heavy (non-hydrogen) atoms. The van der Waals surface area contributed by atoms with Crippen LogP contribution in [0.5, 0.6) is 0 Å².